The summed E-state index contributed by atoms with van der Waals surface area (Å²) in [4.78, 5) is 37.1. The first kappa shape index (κ1) is 13.1. The predicted molar refractivity (Wildman–Crippen MR) is 63.3 cm³/mol. The molecule has 1 heterocycles. The second kappa shape index (κ2) is 4.37. The first-order valence-electron chi connectivity index (χ1n) is 6.32. The van der Waals surface area contributed by atoms with Crippen molar-refractivity contribution < 1.29 is 19.1 Å². The molecule has 0 radical (unpaired) electrons. The molecule has 2 unspecified atom stereocenters. The van der Waals surface area contributed by atoms with Gasteiger partial charge in [0.25, 0.3) is 0 Å². The highest BCUT2D eigenvalue weighted by atomic mass is 16.5. The van der Waals surface area contributed by atoms with Gasteiger partial charge in [-0.3, -0.25) is 19.3 Å². The third-order valence-corrected chi connectivity index (χ3v) is 3.97. The van der Waals surface area contributed by atoms with Crippen LogP contribution in [0, 0.1) is 17.3 Å². The summed E-state index contributed by atoms with van der Waals surface area (Å²) in [6.07, 6.45) is 2.54. The Morgan fingerprint density at radius 1 is 1.28 bits per heavy atom. The van der Waals surface area contributed by atoms with E-state index in [2.05, 4.69) is 0 Å². The fraction of sp³-hybridized carbons (Fsp3) is 0.769. The lowest BCUT2D eigenvalue weighted by molar-refractivity contribution is -0.154. The number of nitrogens with zero attached hydrogens (tertiary/aromatic N) is 1. The maximum atomic E-state index is 12.1. The normalized spacial score (nSPS) is 27.6. The zero-order valence-corrected chi connectivity index (χ0v) is 11.1. The van der Waals surface area contributed by atoms with Crippen LogP contribution >= 0.6 is 0 Å². The smallest absolute Gasteiger partial charge is 0.313 e. The van der Waals surface area contributed by atoms with Crippen LogP contribution < -0.4 is 0 Å². The molecule has 0 aromatic carbocycles. The number of carbonyl (C=O) groups is 3. The molecule has 0 spiro atoms. The Hall–Kier alpha value is -1.39. The van der Waals surface area contributed by atoms with Crippen molar-refractivity contribution in [1.82, 2.24) is 4.90 Å². The highest BCUT2D eigenvalue weighted by Gasteiger charge is 2.51. The van der Waals surface area contributed by atoms with Crippen molar-refractivity contribution in [3.8, 4) is 0 Å². The molecule has 2 fully saturated rings. The fourth-order valence-corrected chi connectivity index (χ4v) is 2.95. The molecule has 1 aliphatic heterocycles. The van der Waals surface area contributed by atoms with Gasteiger partial charge in [-0.25, -0.2) is 0 Å². The van der Waals surface area contributed by atoms with Crippen molar-refractivity contribution in [2.45, 2.75) is 33.1 Å². The van der Waals surface area contributed by atoms with E-state index < -0.39 is 11.4 Å². The van der Waals surface area contributed by atoms with Gasteiger partial charge >= 0.3 is 5.97 Å². The molecule has 2 aliphatic rings. The number of amides is 2. The summed E-state index contributed by atoms with van der Waals surface area (Å²) in [6, 6.07) is 0. The van der Waals surface area contributed by atoms with Crippen molar-refractivity contribution in [3.63, 3.8) is 0 Å². The number of carbonyl (C=O) groups excluding carboxylic acids is 3. The number of hydrogen-bond donors (Lipinski definition) is 0. The Morgan fingerprint density at radius 2 is 1.78 bits per heavy atom. The molecule has 0 N–H and O–H groups in total. The molecule has 100 valence electrons. The van der Waals surface area contributed by atoms with E-state index in [4.69, 9.17) is 4.74 Å². The highest BCUT2D eigenvalue weighted by molar-refractivity contribution is 6.05. The van der Waals surface area contributed by atoms with Crippen LogP contribution in [0.3, 0.4) is 0 Å². The predicted octanol–water partition coefficient (Wildman–Crippen LogP) is 0.971. The summed E-state index contributed by atoms with van der Waals surface area (Å²) >= 11 is 0. The van der Waals surface area contributed by atoms with Crippen LogP contribution in [-0.2, 0) is 19.1 Å². The molecule has 1 saturated heterocycles. The Morgan fingerprint density at radius 3 is 2.22 bits per heavy atom. The van der Waals surface area contributed by atoms with Crippen LogP contribution in [0.2, 0.25) is 0 Å². The first-order valence-corrected chi connectivity index (χ1v) is 6.32. The number of rotatable bonds is 3. The molecule has 2 rings (SSSR count). The van der Waals surface area contributed by atoms with Gasteiger partial charge in [-0.05, 0) is 26.7 Å². The minimum Gasteiger partial charge on any atom is -0.469 e. The number of imide groups is 1. The molecule has 5 nitrogen and oxygen atoms in total. The highest BCUT2D eigenvalue weighted by Crippen LogP contribution is 2.40. The maximum absolute atomic E-state index is 12.1. The van der Waals surface area contributed by atoms with Crippen molar-refractivity contribution in [3.05, 3.63) is 0 Å². The average molecular weight is 253 g/mol. The van der Waals surface area contributed by atoms with E-state index in [0.717, 1.165) is 19.3 Å². The molecule has 5 heteroatoms. The summed E-state index contributed by atoms with van der Waals surface area (Å²) in [5.41, 5.74) is -0.849. The van der Waals surface area contributed by atoms with Crippen LogP contribution in [0.1, 0.15) is 33.1 Å². The van der Waals surface area contributed by atoms with E-state index in [-0.39, 0.29) is 30.2 Å². The van der Waals surface area contributed by atoms with Gasteiger partial charge in [-0.2, -0.15) is 0 Å². The van der Waals surface area contributed by atoms with Gasteiger partial charge in [0.2, 0.25) is 11.8 Å². The van der Waals surface area contributed by atoms with Gasteiger partial charge in [0, 0.05) is 6.54 Å². The molecule has 0 bridgehead atoms. The van der Waals surface area contributed by atoms with Crippen LogP contribution in [-0.4, -0.2) is 36.3 Å². The van der Waals surface area contributed by atoms with Crippen LogP contribution in [0.25, 0.3) is 0 Å². The monoisotopic (exact) mass is 253 g/mol. The van der Waals surface area contributed by atoms with Gasteiger partial charge in [0.05, 0.1) is 24.4 Å². The Bertz CT molecular complexity index is 380. The van der Waals surface area contributed by atoms with Gasteiger partial charge < -0.3 is 4.74 Å². The summed E-state index contributed by atoms with van der Waals surface area (Å²) < 4.78 is 4.70. The third-order valence-electron chi connectivity index (χ3n) is 3.97. The Balaban J connectivity index is 2.13. The molecule has 1 saturated carbocycles. The summed E-state index contributed by atoms with van der Waals surface area (Å²) in [5.74, 6) is -0.920. The standard InChI is InChI=1S/C13H19NO4/c1-13(2,12(17)18-3)7-14-10(15)8-5-4-6-9(8)11(14)16/h8-9H,4-7H2,1-3H3. The van der Waals surface area contributed by atoms with Gasteiger partial charge in [0.15, 0.2) is 0 Å². The quantitative estimate of drug-likeness (QED) is 0.555. The zero-order chi connectivity index (χ0) is 13.5. The first-order chi connectivity index (χ1) is 8.38. The minimum atomic E-state index is -0.849. The van der Waals surface area contributed by atoms with Gasteiger partial charge in [-0.1, -0.05) is 6.42 Å². The largest absolute Gasteiger partial charge is 0.469 e. The third kappa shape index (κ3) is 1.91. The van der Waals surface area contributed by atoms with Crippen LogP contribution in [0.15, 0.2) is 0 Å². The van der Waals surface area contributed by atoms with E-state index in [0.29, 0.717) is 0 Å². The second-order valence-corrected chi connectivity index (χ2v) is 5.78. The molecule has 0 aromatic heterocycles. The number of fused-ring (bicyclic) bond motifs is 1. The van der Waals surface area contributed by atoms with E-state index >= 15 is 0 Å². The molecule has 18 heavy (non-hydrogen) atoms. The summed E-state index contributed by atoms with van der Waals surface area (Å²) in [6.45, 7) is 3.49. The SMILES string of the molecule is COC(=O)C(C)(C)CN1C(=O)C2CCCC2C1=O. The van der Waals surface area contributed by atoms with Gasteiger partial charge in [-0.15, -0.1) is 0 Å². The Labute approximate surface area is 106 Å². The number of methoxy groups -OCH3 is 1. The minimum absolute atomic E-state index is 0.112. The van der Waals surface area contributed by atoms with Crippen molar-refractivity contribution in [1.29, 1.82) is 0 Å². The second-order valence-electron chi connectivity index (χ2n) is 5.78. The van der Waals surface area contributed by atoms with E-state index in [1.165, 1.54) is 12.0 Å². The number of likely N-dealkylation sites (tertiary alicyclic amines) is 1. The fourth-order valence-electron chi connectivity index (χ4n) is 2.95. The number of ether oxygens (including phenoxy) is 1. The van der Waals surface area contributed by atoms with Crippen molar-refractivity contribution in [2.75, 3.05) is 13.7 Å². The topological polar surface area (TPSA) is 63.7 Å². The summed E-state index contributed by atoms with van der Waals surface area (Å²) in [5, 5.41) is 0. The van der Waals surface area contributed by atoms with E-state index in [1.54, 1.807) is 13.8 Å². The van der Waals surface area contributed by atoms with E-state index in [1.807, 2.05) is 0 Å². The number of esters is 1. The molecular weight excluding hydrogens is 234 g/mol. The molecule has 1 aliphatic carbocycles. The number of hydrogen-bond acceptors (Lipinski definition) is 4. The molecule has 0 aromatic rings. The maximum Gasteiger partial charge on any atom is 0.313 e. The molecule has 2 atom stereocenters. The molecule has 2 amide bonds. The van der Waals surface area contributed by atoms with Crippen molar-refractivity contribution in [2.24, 2.45) is 17.3 Å². The molecular formula is C13H19NO4. The van der Waals surface area contributed by atoms with E-state index in [9.17, 15) is 14.4 Å². The van der Waals surface area contributed by atoms with Crippen LogP contribution in [0.4, 0.5) is 0 Å². The lowest BCUT2D eigenvalue weighted by atomic mass is 9.93. The Kier molecular flexibility index (Phi) is 3.17. The lowest BCUT2D eigenvalue weighted by Gasteiger charge is -2.27. The van der Waals surface area contributed by atoms with Gasteiger partial charge in [0.1, 0.15) is 0 Å². The zero-order valence-electron chi connectivity index (χ0n) is 11.1. The van der Waals surface area contributed by atoms with Crippen LogP contribution in [0.5, 0.6) is 0 Å². The van der Waals surface area contributed by atoms with Crippen molar-refractivity contribution >= 4 is 17.8 Å². The average Bonchev–Trinajstić information content (AvgIpc) is 2.88. The summed E-state index contributed by atoms with van der Waals surface area (Å²) in [7, 11) is 1.31. The lowest BCUT2D eigenvalue weighted by Crippen LogP contribution is -2.43.